The average molecular weight is 302 g/mol. The normalized spacial score (nSPS) is 10.6. The fraction of sp³-hybridized carbons (Fsp3) is 0.133. The van der Waals surface area contributed by atoms with Crippen molar-refractivity contribution in [3.63, 3.8) is 0 Å². The lowest BCUT2D eigenvalue weighted by Crippen LogP contribution is -1.91. The van der Waals surface area contributed by atoms with E-state index in [1.54, 1.807) is 18.2 Å². The van der Waals surface area contributed by atoms with Crippen LogP contribution in [0.5, 0.6) is 17.2 Å². The second-order valence-corrected chi connectivity index (χ2v) is 4.27. The average Bonchev–Trinajstić information content (AvgIpc) is 2.53. The van der Waals surface area contributed by atoms with Gasteiger partial charge in [0, 0.05) is 17.8 Å². The number of hydrogen-bond acceptors (Lipinski definition) is 6. The zero-order valence-electron chi connectivity index (χ0n) is 12.0. The molecule has 0 aliphatic rings. The molecule has 0 aromatic heterocycles. The van der Waals surface area contributed by atoms with Crippen LogP contribution in [0.4, 0.5) is 11.4 Å². The number of nitrogens with zero attached hydrogens (tertiary/aromatic N) is 2. The molecule has 0 aliphatic carbocycles. The van der Waals surface area contributed by atoms with Crippen molar-refractivity contribution >= 4 is 17.6 Å². The molecule has 0 fully saturated rings. The Hall–Kier alpha value is -3.09. The van der Waals surface area contributed by atoms with E-state index in [4.69, 9.17) is 9.47 Å². The van der Waals surface area contributed by atoms with Gasteiger partial charge in [-0.05, 0) is 18.2 Å². The van der Waals surface area contributed by atoms with Crippen molar-refractivity contribution in [1.29, 1.82) is 0 Å². The molecule has 7 nitrogen and oxygen atoms in total. The standard InChI is InChI=1S/C15H14N2O5/c1-21-13-5-3-4-10(15(13)18)9-16-12-7-6-11(17(19)20)8-14(12)22-2/h3-9,18H,1-2H3. The molecule has 2 aromatic carbocycles. The maximum Gasteiger partial charge on any atom is 0.273 e. The van der Waals surface area contributed by atoms with E-state index in [0.717, 1.165) is 0 Å². The Morgan fingerprint density at radius 1 is 1.18 bits per heavy atom. The number of phenolic OH excluding ortho intramolecular Hbond substituents is 1. The van der Waals surface area contributed by atoms with Crippen LogP contribution in [0, 0.1) is 10.1 Å². The highest BCUT2D eigenvalue weighted by molar-refractivity contribution is 5.87. The van der Waals surface area contributed by atoms with Gasteiger partial charge in [-0.3, -0.25) is 15.1 Å². The maximum atomic E-state index is 10.7. The van der Waals surface area contributed by atoms with E-state index in [0.29, 0.717) is 17.0 Å². The zero-order chi connectivity index (χ0) is 16.1. The third kappa shape index (κ3) is 3.14. The fourth-order valence-corrected chi connectivity index (χ4v) is 1.83. The first-order valence-corrected chi connectivity index (χ1v) is 6.29. The molecule has 0 amide bonds. The number of phenols is 1. The Kier molecular flexibility index (Phi) is 4.57. The molecule has 1 N–H and O–H groups in total. The molecule has 0 spiro atoms. The lowest BCUT2D eigenvalue weighted by molar-refractivity contribution is -0.384. The predicted octanol–water partition coefficient (Wildman–Crippen LogP) is 3.07. The number of non-ortho nitro benzene ring substituents is 1. The SMILES string of the molecule is COc1cc([N+](=O)[O-])ccc1N=Cc1cccc(OC)c1O. The molecular weight excluding hydrogens is 288 g/mol. The molecule has 114 valence electrons. The molecule has 22 heavy (non-hydrogen) atoms. The number of nitro groups is 1. The third-order valence-electron chi connectivity index (χ3n) is 2.97. The van der Waals surface area contributed by atoms with E-state index in [2.05, 4.69) is 4.99 Å². The van der Waals surface area contributed by atoms with Crippen LogP contribution in [0.1, 0.15) is 5.56 Å². The monoisotopic (exact) mass is 302 g/mol. The quantitative estimate of drug-likeness (QED) is 0.520. The third-order valence-corrected chi connectivity index (χ3v) is 2.97. The van der Waals surface area contributed by atoms with Crippen LogP contribution in [-0.2, 0) is 0 Å². The van der Waals surface area contributed by atoms with Crippen molar-refractivity contribution < 1.29 is 19.5 Å². The van der Waals surface area contributed by atoms with Crippen LogP contribution in [0.15, 0.2) is 41.4 Å². The van der Waals surface area contributed by atoms with Gasteiger partial charge in [-0.1, -0.05) is 6.07 Å². The Bertz CT molecular complexity index is 728. The predicted molar refractivity (Wildman–Crippen MR) is 81.6 cm³/mol. The molecule has 2 rings (SSSR count). The maximum absolute atomic E-state index is 10.7. The van der Waals surface area contributed by atoms with E-state index in [9.17, 15) is 15.2 Å². The Balaban J connectivity index is 2.36. The van der Waals surface area contributed by atoms with Crippen LogP contribution < -0.4 is 9.47 Å². The van der Waals surface area contributed by atoms with Gasteiger partial charge in [0.15, 0.2) is 17.2 Å². The van der Waals surface area contributed by atoms with Gasteiger partial charge in [0.2, 0.25) is 0 Å². The summed E-state index contributed by atoms with van der Waals surface area (Å²) >= 11 is 0. The van der Waals surface area contributed by atoms with E-state index < -0.39 is 4.92 Å². The minimum absolute atomic E-state index is 0.0328. The summed E-state index contributed by atoms with van der Waals surface area (Å²) in [5.41, 5.74) is 0.787. The number of aromatic hydroxyl groups is 1. The molecule has 0 atom stereocenters. The van der Waals surface area contributed by atoms with Gasteiger partial charge in [-0.25, -0.2) is 0 Å². The van der Waals surface area contributed by atoms with Crippen LogP contribution in [0.3, 0.4) is 0 Å². The highest BCUT2D eigenvalue weighted by Gasteiger charge is 2.11. The Morgan fingerprint density at radius 3 is 2.55 bits per heavy atom. The summed E-state index contributed by atoms with van der Waals surface area (Å²) in [6.45, 7) is 0. The zero-order valence-corrected chi connectivity index (χ0v) is 12.0. The number of aliphatic imine (C=N–C) groups is 1. The van der Waals surface area contributed by atoms with Crippen molar-refractivity contribution in [1.82, 2.24) is 0 Å². The van der Waals surface area contributed by atoms with Gasteiger partial charge in [0.1, 0.15) is 5.69 Å². The molecule has 0 saturated heterocycles. The second kappa shape index (κ2) is 6.57. The summed E-state index contributed by atoms with van der Waals surface area (Å²) in [5.74, 6) is 0.571. The highest BCUT2D eigenvalue weighted by atomic mass is 16.6. The summed E-state index contributed by atoms with van der Waals surface area (Å²) < 4.78 is 10.1. The first-order chi connectivity index (χ1) is 10.6. The summed E-state index contributed by atoms with van der Waals surface area (Å²) in [7, 11) is 2.86. The van der Waals surface area contributed by atoms with E-state index in [1.807, 2.05) is 0 Å². The van der Waals surface area contributed by atoms with Gasteiger partial charge >= 0.3 is 0 Å². The lowest BCUT2D eigenvalue weighted by atomic mass is 10.2. The molecule has 0 unspecified atom stereocenters. The number of ether oxygens (including phenoxy) is 2. The Labute approximate surface area is 126 Å². The first-order valence-electron chi connectivity index (χ1n) is 6.29. The summed E-state index contributed by atoms with van der Waals surface area (Å²) in [6, 6.07) is 9.11. The number of hydrogen-bond donors (Lipinski definition) is 1. The lowest BCUT2D eigenvalue weighted by Gasteiger charge is -2.06. The minimum atomic E-state index is -0.510. The molecule has 0 bridgehead atoms. The molecule has 0 radical (unpaired) electrons. The molecule has 0 heterocycles. The highest BCUT2D eigenvalue weighted by Crippen LogP contribution is 2.32. The van der Waals surface area contributed by atoms with Crippen molar-refractivity contribution in [2.45, 2.75) is 0 Å². The van der Waals surface area contributed by atoms with Crippen molar-refractivity contribution in [3.05, 3.63) is 52.1 Å². The van der Waals surface area contributed by atoms with Crippen molar-refractivity contribution in [2.75, 3.05) is 14.2 Å². The summed E-state index contributed by atoms with van der Waals surface area (Å²) in [6.07, 6.45) is 1.43. The van der Waals surface area contributed by atoms with Crippen LogP contribution in [0.25, 0.3) is 0 Å². The van der Waals surface area contributed by atoms with Gasteiger partial charge < -0.3 is 14.6 Å². The van der Waals surface area contributed by atoms with Gasteiger partial charge in [-0.2, -0.15) is 0 Å². The van der Waals surface area contributed by atoms with E-state index >= 15 is 0 Å². The summed E-state index contributed by atoms with van der Waals surface area (Å²) in [5, 5.41) is 20.7. The van der Waals surface area contributed by atoms with E-state index in [1.165, 1.54) is 38.6 Å². The molecule has 2 aromatic rings. The Morgan fingerprint density at radius 2 is 1.91 bits per heavy atom. The molecular formula is C15H14N2O5. The van der Waals surface area contributed by atoms with Gasteiger partial charge in [0.05, 0.1) is 25.2 Å². The summed E-state index contributed by atoms with van der Waals surface area (Å²) in [4.78, 5) is 14.4. The number of nitro benzene ring substituents is 1. The molecule has 0 aliphatic heterocycles. The first kappa shape index (κ1) is 15.3. The number of rotatable bonds is 5. The second-order valence-electron chi connectivity index (χ2n) is 4.27. The number of benzene rings is 2. The number of para-hydroxylation sites is 1. The minimum Gasteiger partial charge on any atom is -0.504 e. The number of methoxy groups -OCH3 is 2. The van der Waals surface area contributed by atoms with Crippen LogP contribution >= 0.6 is 0 Å². The largest absolute Gasteiger partial charge is 0.504 e. The van der Waals surface area contributed by atoms with Crippen LogP contribution in [0.2, 0.25) is 0 Å². The van der Waals surface area contributed by atoms with Crippen molar-refractivity contribution in [2.24, 2.45) is 4.99 Å². The molecule has 7 heteroatoms. The van der Waals surface area contributed by atoms with Crippen LogP contribution in [-0.4, -0.2) is 30.5 Å². The van der Waals surface area contributed by atoms with E-state index in [-0.39, 0.29) is 17.2 Å². The fourth-order valence-electron chi connectivity index (χ4n) is 1.83. The van der Waals surface area contributed by atoms with Gasteiger partial charge in [0.25, 0.3) is 5.69 Å². The van der Waals surface area contributed by atoms with Gasteiger partial charge in [-0.15, -0.1) is 0 Å². The topological polar surface area (TPSA) is 94.2 Å². The smallest absolute Gasteiger partial charge is 0.273 e. The van der Waals surface area contributed by atoms with Crippen molar-refractivity contribution in [3.8, 4) is 17.2 Å². The molecule has 0 saturated carbocycles.